The number of hydrogen-bond acceptors (Lipinski definition) is 1. The van der Waals surface area contributed by atoms with E-state index in [9.17, 15) is 0 Å². The molecule has 2 rings (SSSR count). The van der Waals surface area contributed by atoms with E-state index in [1.165, 1.54) is 9.13 Å². The lowest BCUT2D eigenvalue weighted by Gasteiger charge is -2.06. The summed E-state index contributed by atoms with van der Waals surface area (Å²) in [5.41, 5.74) is 2.40. The van der Waals surface area contributed by atoms with E-state index < -0.39 is 0 Å². The molecule has 2 aromatic rings. The molecule has 78 valence electrons. The lowest BCUT2D eigenvalue weighted by atomic mass is 10.3. The molecule has 1 aromatic heterocycles. The number of halogens is 2. The Hall–Kier alpha value is -0.490. The molecule has 2 nitrogen and oxygen atoms in total. The van der Waals surface area contributed by atoms with Crippen molar-refractivity contribution in [1.29, 1.82) is 0 Å². The molecule has 0 fully saturated rings. The number of aromatic nitrogens is 1. The summed E-state index contributed by atoms with van der Waals surface area (Å²) in [5.74, 6) is 0. The fourth-order valence-corrected chi connectivity index (χ4v) is 2.04. The molecule has 0 saturated carbocycles. The van der Waals surface area contributed by atoms with Crippen molar-refractivity contribution < 1.29 is 0 Å². The molecular weight excluding hydrogens is 367 g/mol. The van der Waals surface area contributed by atoms with Crippen molar-refractivity contribution in [3.8, 4) is 0 Å². The van der Waals surface area contributed by atoms with Gasteiger partial charge in [0.25, 0.3) is 0 Å². The van der Waals surface area contributed by atoms with Crippen LogP contribution in [0.25, 0.3) is 0 Å². The molecule has 2 N–H and O–H groups in total. The maximum Gasteiger partial charge on any atom is 0.0415 e. The zero-order valence-corrected chi connectivity index (χ0v) is 11.7. The van der Waals surface area contributed by atoms with Crippen molar-refractivity contribution in [3.63, 3.8) is 0 Å². The van der Waals surface area contributed by atoms with Gasteiger partial charge in [0.1, 0.15) is 0 Å². The Balaban J connectivity index is 2.02. The summed E-state index contributed by atoms with van der Waals surface area (Å²) in [7, 11) is 0. The minimum atomic E-state index is 0.848. The Labute approximate surface area is 111 Å². The second-order valence-corrected chi connectivity index (χ2v) is 5.22. The second-order valence-electron chi connectivity index (χ2n) is 3.20. The van der Waals surface area contributed by atoms with Crippen LogP contribution in [-0.4, -0.2) is 4.98 Å². The number of anilines is 1. The first kappa shape index (κ1) is 11.0. The molecule has 0 atom stereocenters. The molecule has 1 aromatic carbocycles. The molecule has 0 aliphatic heterocycles. The van der Waals surface area contributed by atoms with Crippen LogP contribution in [0.5, 0.6) is 0 Å². The highest BCUT2D eigenvalue weighted by Gasteiger charge is 1.98. The van der Waals surface area contributed by atoms with Crippen LogP contribution in [0.15, 0.2) is 41.1 Å². The minimum absolute atomic E-state index is 0.848. The van der Waals surface area contributed by atoms with Gasteiger partial charge < -0.3 is 10.3 Å². The number of hydrogen-bond donors (Lipinski definition) is 2. The van der Waals surface area contributed by atoms with Crippen molar-refractivity contribution in [3.05, 3.63) is 50.3 Å². The summed E-state index contributed by atoms with van der Waals surface area (Å²) >= 11 is 5.79. The van der Waals surface area contributed by atoms with Crippen molar-refractivity contribution in [2.75, 3.05) is 5.32 Å². The number of aromatic amines is 1. The van der Waals surface area contributed by atoms with E-state index in [2.05, 4.69) is 73.1 Å². The Morgan fingerprint density at radius 2 is 2.20 bits per heavy atom. The highest BCUT2D eigenvalue weighted by atomic mass is 127. The van der Waals surface area contributed by atoms with Crippen LogP contribution in [0.1, 0.15) is 5.56 Å². The SMILES string of the molecule is Brc1ccc(NCc2cc[nH]c2)cc1I. The molecule has 0 bridgehead atoms. The first-order valence-electron chi connectivity index (χ1n) is 4.56. The van der Waals surface area contributed by atoms with Crippen LogP contribution in [0.3, 0.4) is 0 Å². The third kappa shape index (κ3) is 2.98. The Morgan fingerprint density at radius 3 is 2.87 bits per heavy atom. The molecule has 15 heavy (non-hydrogen) atoms. The minimum Gasteiger partial charge on any atom is -0.381 e. The van der Waals surface area contributed by atoms with Gasteiger partial charge in [-0.05, 0) is 68.3 Å². The highest BCUT2D eigenvalue weighted by Crippen LogP contribution is 2.22. The summed E-state index contributed by atoms with van der Waals surface area (Å²) in [6.45, 7) is 0.848. The maximum absolute atomic E-state index is 3.48. The molecule has 0 radical (unpaired) electrons. The van der Waals surface area contributed by atoms with Crippen molar-refractivity contribution in [2.45, 2.75) is 6.54 Å². The Morgan fingerprint density at radius 1 is 1.33 bits per heavy atom. The molecule has 0 amide bonds. The van der Waals surface area contributed by atoms with Crippen LogP contribution in [0, 0.1) is 3.57 Å². The monoisotopic (exact) mass is 376 g/mol. The fourth-order valence-electron chi connectivity index (χ4n) is 1.28. The predicted molar refractivity (Wildman–Crippen MR) is 75.0 cm³/mol. The molecule has 4 heteroatoms. The first-order chi connectivity index (χ1) is 7.25. The van der Waals surface area contributed by atoms with Crippen LogP contribution in [-0.2, 0) is 6.54 Å². The van der Waals surface area contributed by atoms with Gasteiger partial charge in [0.2, 0.25) is 0 Å². The quantitative estimate of drug-likeness (QED) is 0.778. The number of rotatable bonds is 3. The van der Waals surface area contributed by atoms with Gasteiger partial charge in [0.15, 0.2) is 0 Å². The van der Waals surface area contributed by atoms with Gasteiger partial charge in [0.05, 0.1) is 0 Å². The molecular formula is C11H10BrIN2. The van der Waals surface area contributed by atoms with Crippen molar-refractivity contribution >= 4 is 44.2 Å². The summed E-state index contributed by atoms with van der Waals surface area (Å²) in [5, 5.41) is 3.37. The standard InChI is InChI=1S/C11H10BrIN2/c12-10-2-1-9(5-11(10)13)15-7-8-3-4-14-6-8/h1-6,14-15H,7H2. The lowest BCUT2D eigenvalue weighted by Crippen LogP contribution is -1.98. The second kappa shape index (κ2) is 5.03. The molecule has 0 spiro atoms. The Bertz CT molecular complexity index is 440. The van der Waals surface area contributed by atoms with Gasteiger partial charge in [-0.15, -0.1) is 0 Å². The van der Waals surface area contributed by atoms with Gasteiger partial charge in [0, 0.05) is 32.7 Å². The van der Waals surface area contributed by atoms with E-state index in [4.69, 9.17) is 0 Å². The van der Waals surface area contributed by atoms with Gasteiger partial charge in [-0.1, -0.05) is 0 Å². The number of H-pyrrole nitrogens is 1. The average molecular weight is 377 g/mol. The summed E-state index contributed by atoms with van der Waals surface area (Å²) in [6.07, 6.45) is 3.93. The summed E-state index contributed by atoms with van der Waals surface area (Å²) < 4.78 is 2.35. The van der Waals surface area contributed by atoms with E-state index >= 15 is 0 Å². The highest BCUT2D eigenvalue weighted by molar-refractivity contribution is 14.1. The van der Waals surface area contributed by atoms with E-state index in [1.54, 1.807) is 0 Å². The summed E-state index contributed by atoms with van der Waals surface area (Å²) in [4.78, 5) is 3.04. The smallest absolute Gasteiger partial charge is 0.0415 e. The van der Waals surface area contributed by atoms with Crippen molar-refractivity contribution in [1.82, 2.24) is 4.98 Å². The topological polar surface area (TPSA) is 27.8 Å². The zero-order valence-electron chi connectivity index (χ0n) is 7.93. The molecule has 0 aliphatic carbocycles. The Kier molecular flexibility index (Phi) is 3.69. The average Bonchev–Trinajstić information content (AvgIpc) is 2.73. The van der Waals surface area contributed by atoms with E-state index in [-0.39, 0.29) is 0 Å². The third-order valence-electron chi connectivity index (χ3n) is 2.08. The molecule has 0 saturated heterocycles. The predicted octanol–water partition coefficient (Wildman–Crippen LogP) is 3.99. The molecule has 0 aliphatic rings. The van der Waals surface area contributed by atoms with Gasteiger partial charge >= 0.3 is 0 Å². The summed E-state index contributed by atoms with van der Waals surface area (Å²) in [6, 6.07) is 8.31. The van der Waals surface area contributed by atoms with Crippen molar-refractivity contribution in [2.24, 2.45) is 0 Å². The van der Waals surface area contributed by atoms with E-state index in [0.717, 1.165) is 16.7 Å². The van der Waals surface area contributed by atoms with Crippen LogP contribution >= 0.6 is 38.5 Å². The van der Waals surface area contributed by atoms with Crippen LogP contribution in [0.2, 0.25) is 0 Å². The number of nitrogens with one attached hydrogen (secondary N) is 2. The zero-order chi connectivity index (χ0) is 10.7. The third-order valence-corrected chi connectivity index (χ3v) is 4.40. The largest absolute Gasteiger partial charge is 0.381 e. The van der Waals surface area contributed by atoms with Gasteiger partial charge in [-0.25, -0.2) is 0 Å². The van der Waals surface area contributed by atoms with E-state index in [0.29, 0.717) is 0 Å². The van der Waals surface area contributed by atoms with Gasteiger partial charge in [-0.2, -0.15) is 0 Å². The number of benzene rings is 1. The van der Waals surface area contributed by atoms with E-state index in [1.807, 2.05) is 12.4 Å². The van der Waals surface area contributed by atoms with Gasteiger partial charge in [-0.3, -0.25) is 0 Å². The van der Waals surface area contributed by atoms with Crippen LogP contribution < -0.4 is 5.32 Å². The lowest BCUT2D eigenvalue weighted by molar-refractivity contribution is 1.15. The molecule has 1 heterocycles. The molecule has 0 unspecified atom stereocenters. The van der Waals surface area contributed by atoms with Crippen LogP contribution in [0.4, 0.5) is 5.69 Å². The normalized spacial score (nSPS) is 10.3. The first-order valence-corrected chi connectivity index (χ1v) is 6.43. The maximum atomic E-state index is 3.48. The fraction of sp³-hybridized carbons (Fsp3) is 0.0909.